The molecule has 1 aromatic heterocycles. The lowest BCUT2D eigenvalue weighted by molar-refractivity contribution is -0.114. The molecule has 8 nitrogen and oxygen atoms in total. The number of anilines is 2. The van der Waals surface area contributed by atoms with E-state index in [0.29, 0.717) is 18.9 Å². The Balaban J connectivity index is 1.60. The number of nitrogens with zero attached hydrogens (tertiary/aromatic N) is 5. The highest BCUT2D eigenvalue weighted by molar-refractivity contribution is 6.30. The number of carbonyl (C=O) groups is 2. The molecule has 0 saturated carbocycles. The van der Waals surface area contributed by atoms with Crippen molar-refractivity contribution in [3.05, 3.63) is 41.0 Å². The van der Waals surface area contributed by atoms with Gasteiger partial charge < -0.3 is 15.1 Å². The molecule has 3 rings (SSSR count). The lowest BCUT2D eigenvalue weighted by Gasteiger charge is -2.35. The molecule has 0 aliphatic carbocycles. The predicted molar refractivity (Wildman–Crippen MR) is 119 cm³/mol. The third-order valence-corrected chi connectivity index (χ3v) is 5.51. The maximum atomic E-state index is 12.7. The molecule has 1 saturated heterocycles. The van der Waals surface area contributed by atoms with Crippen LogP contribution in [0.3, 0.4) is 0 Å². The van der Waals surface area contributed by atoms with Crippen molar-refractivity contribution in [2.75, 3.05) is 49.5 Å². The number of aromatic nitrogens is 2. The number of hydrogen-bond acceptors (Lipinski definition) is 5. The summed E-state index contributed by atoms with van der Waals surface area (Å²) in [5.74, 6) is 0.161. The van der Waals surface area contributed by atoms with Crippen LogP contribution in [0.25, 0.3) is 0 Å². The maximum Gasteiger partial charge on any atom is 0.344 e. The summed E-state index contributed by atoms with van der Waals surface area (Å²) in [7, 11) is 0. The smallest absolute Gasteiger partial charge is 0.344 e. The third-order valence-electron chi connectivity index (χ3n) is 5.28. The number of rotatable bonds is 6. The van der Waals surface area contributed by atoms with Gasteiger partial charge in [0.15, 0.2) is 5.82 Å². The molecule has 162 valence electrons. The van der Waals surface area contributed by atoms with Crippen LogP contribution in [-0.2, 0) is 11.3 Å². The third kappa shape index (κ3) is 5.31. The highest BCUT2D eigenvalue weighted by Crippen LogP contribution is 2.26. The molecule has 1 aliphatic heterocycles. The fourth-order valence-electron chi connectivity index (χ4n) is 3.69. The van der Waals surface area contributed by atoms with Crippen LogP contribution < -0.4 is 10.2 Å². The Morgan fingerprint density at radius 2 is 1.83 bits per heavy atom. The number of halogens is 1. The fourth-order valence-corrected chi connectivity index (χ4v) is 3.86. The SMILES string of the molecule is CCN(CC)c1cc(Cl)ccc1CN1CCN(C(=O)n2ccc(NC(C)=O)n2)CC1. The molecule has 30 heavy (non-hydrogen) atoms. The molecule has 2 heterocycles. The Labute approximate surface area is 182 Å². The van der Waals surface area contributed by atoms with E-state index in [2.05, 4.69) is 40.1 Å². The van der Waals surface area contributed by atoms with Crippen molar-refractivity contribution in [3.8, 4) is 0 Å². The summed E-state index contributed by atoms with van der Waals surface area (Å²) in [4.78, 5) is 30.3. The van der Waals surface area contributed by atoms with Crippen molar-refractivity contribution in [1.29, 1.82) is 0 Å². The minimum atomic E-state index is -0.215. The molecule has 2 amide bonds. The molecule has 1 N–H and O–H groups in total. The molecule has 0 spiro atoms. The average molecular weight is 433 g/mol. The van der Waals surface area contributed by atoms with Crippen LogP contribution in [0.4, 0.5) is 16.3 Å². The van der Waals surface area contributed by atoms with Gasteiger partial charge in [0.05, 0.1) is 0 Å². The largest absolute Gasteiger partial charge is 0.372 e. The van der Waals surface area contributed by atoms with Crippen molar-refractivity contribution in [2.24, 2.45) is 0 Å². The fraction of sp³-hybridized carbons (Fsp3) is 0.476. The van der Waals surface area contributed by atoms with Crippen LogP contribution in [0.1, 0.15) is 26.3 Å². The number of amides is 2. The van der Waals surface area contributed by atoms with Gasteiger partial charge in [0.2, 0.25) is 5.91 Å². The zero-order valence-corrected chi connectivity index (χ0v) is 18.5. The first-order chi connectivity index (χ1) is 14.4. The van der Waals surface area contributed by atoms with Gasteiger partial charge in [-0.1, -0.05) is 17.7 Å². The van der Waals surface area contributed by atoms with Gasteiger partial charge in [0, 0.05) is 75.7 Å². The van der Waals surface area contributed by atoms with Crippen LogP contribution in [0.15, 0.2) is 30.5 Å². The van der Waals surface area contributed by atoms with Crippen LogP contribution in [0, 0.1) is 0 Å². The van der Waals surface area contributed by atoms with E-state index >= 15 is 0 Å². The van der Waals surface area contributed by atoms with Gasteiger partial charge in [-0.2, -0.15) is 4.68 Å². The van der Waals surface area contributed by atoms with Crippen molar-refractivity contribution in [3.63, 3.8) is 0 Å². The zero-order chi connectivity index (χ0) is 21.7. The second-order valence-corrected chi connectivity index (χ2v) is 7.75. The van der Waals surface area contributed by atoms with E-state index in [9.17, 15) is 9.59 Å². The number of benzene rings is 1. The van der Waals surface area contributed by atoms with E-state index < -0.39 is 0 Å². The van der Waals surface area contributed by atoms with Gasteiger partial charge in [0.1, 0.15) is 0 Å². The van der Waals surface area contributed by atoms with E-state index in [-0.39, 0.29) is 11.9 Å². The van der Waals surface area contributed by atoms with Crippen molar-refractivity contribution in [2.45, 2.75) is 27.3 Å². The minimum Gasteiger partial charge on any atom is -0.372 e. The number of nitrogens with one attached hydrogen (secondary N) is 1. The van der Waals surface area contributed by atoms with E-state index in [0.717, 1.165) is 37.7 Å². The normalized spacial score (nSPS) is 14.6. The summed E-state index contributed by atoms with van der Waals surface area (Å²) in [5.41, 5.74) is 2.42. The summed E-state index contributed by atoms with van der Waals surface area (Å²) in [6, 6.07) is 7.51. The van der Waals surface area contributed by atoms with Gasteiger partial charge >= 0.3 is 6.03 Å². The van der Waals surface area contributed by atoms with Crippen LogP contribution in [-0.4, -0.2) is 70.8 Å². The highest BCUT2D eigenvalue weighted by atomic mass is 35.5. The van der Waals surface area contributed by atoms with Crippen molar-refractivity contribution >= 4 is 35.0 Å². The highest BCUT2D eigenvalue weighted by Gasteiger charge is 2.24. The summed E-state index contributed by atoms with van der Waals surface area (Å²) in [6.07, 6.45) is 1.57. The van der Waals surface area contributed by atoms with Crippen LogP contribution in [0.2, 0.25) is 5.02 Å². The molecule has 1 aromatic carbocycles. The number of hydrogen-bond donors (Lipinski definition) is 1. The first kappa shape index (κ1) is 22.1. The van der Waals surface area contributed by atoms with Gasteiger partial charge in [-0.25, -0.2) is 4.79 Å². The van der Waals surface area contributed by atoms with Crippen molar-refractivity contribution < 1.29 is 9.59 Å². The first-order valence-corrected chi connectivity index (χ1v) is 10.7. The molecule has 0 radical (unpaired) electrons. The molecule has 0 atom stereocenters. The number of piperazine rings is 1. The van der Waals surface area contributed by atoms with Gasteiger partial charge in [-0.05, 0) is 31.5 Å². The minimum absolute atomic E-state index is 0.179. The average Bonchev–Trinajstić information content (AvgIpc) is 3.18. The van der Waals surface area contributed by atoms with Crippen LogP contribution >= 0.6 is 11.6 Å². The zero-order valence-electron chi connectivity index (χ0n) is 17.8. The van der Waals surface area contributed by atoms with Crippen molar-refractivity contribution in [1.82, 2.24) is 19.6 Å². The lowest BCUT2D eigenvalue weighted by Crippen LogP contribution is -2.49. The summed E-state index contributed by atoms with van der Waals surface area (Å²) in [5, 5.41) is 7.46. The maximum absolute atomic E-state index is 12.7. The standard InChI is InChI=1S/C21H29ClN6O2/c1-4-26(5-2)19-14-18(22)7-6-17(19)15-25-10-12-27(13-11-25)21(30)28-9-8-20(24-28)23-16(3)29/h6-9,14H,4-5,10-13,15H2,1-3H3,(H,23,24,29). The van der Waals surface area contributed by atoms with Gasteiger partial charge in [0.25, 0.3) is 0 Å². The second kappa shape index (κ2) is 9.95. The van der Waals surface area contributed by atoms with Crippen LogP contribution in [0.5, 0.6) is 0 Å². The molecule has 0 bridgehead atoms. The van der Waals surface area contributed by atoms with E-state index in [1.54, 1.807) is 17.2 Å². The Morgan fingerprint density at radius 3 is 2.47 bits per heavy atom. The number of carbonyl (C=O) groups excluding carboxylic acids is 2. The quantitative estimate of drug-likeness (QED) is 0.759. The summed E-state index contributed by atoms with van der Waals surface area (Å²) >= 11 is 6.24. The summed E-state index contributed by atoms with van der Waals surface area (Å²) < 4.78 is 1.28. The molecule has 2 aromatic rings. The summed E-state index contributed by atoms with van der Waals surface area (Å²) in [6.45, 7) is 11.2. The molecule has 9 heteroatoms. The monoisotopic (exact) mass is 432 g/mol. The topological polar surface area (TPSA) is 73.7 Å². The Hall–Kier alpha value is -2.58. The Kier molecular flexibility index (Phi) is 7.33. The molecule has 1 fully saturated rings. The molecule has 0 unspecified atom stereocenters. The van der Waals surface area contributed by atoms with E-state index in [4.69, 9.17) is 11.6 Å². The Morgan fingerprint density at radius 1 is 1.13 bits per heavy atom. The van der Waals surface area contributed by atoms with E-state index in [1.165, 1.54) is 22.9 Å². The first-order valence-electron chi connectivity index (χ1n) is 10.3. The Bertz CT molecular complexity index is 887. The van der Waals surface area contributed by atoms with Gasteiger partial charge in [-0.15, -0.1) is 5.10 Å². The van der Waals surface area contributed by atoms with E-state index in [1.807, 2.05) is 12.1 Å². The predicted octanol–water partition coefficient (Wildman–Crippen LogP) is 3.13. The molecular weight excluding hydrogens is 404 g/mol. The molecular formula is C21H29ClN6O2. The van der Waals surface area contributed by atoms with Gasteiger partial charge in [-0.3, -0.25) is 9.69 Å². The lowest BCUT2D eigenvalue weighted by atomic mass is 10.1. The second-order valence-electron chi connectivity index (χ2n) is 7.32. The molecule has 1 aliphatic rings.